The number of nitrogens with zero attached hydrogens (tertiary/aromatic N) is 2. The van der Waals surface area contributed by atoms with E-state index in [1.165, 1.54) is 7.11 Å². The number of nitrogens with one attached hydrogen (secondary N) is 1. The van der Waals surface area contributed by atoms with Gasteiger partial charge in [-0.05, 0) is 42.8 Å². The Hall–Kier alpha value is -3.50. The molecular weight excluding hydrogens is 394 g/mol. The van der Waals surface area contributed by atoms with Gasteiger partial charge in [0.2, 0.25) is 0 Å². The van der Waals surface area contributed by atoms with Crippen LogP contribution in [0.4, 0.5) is 0 Å². The standard InChI is InChI=1S/C21H18ClN3O4/c1-3-28-19(26)12-29-20-15(22)9-13(10-18(20)27-2)8-14(11-23)21-24-16-6-4-5-7-17(16)25-21/h4-10H,3,12H2,1-2H3,(H,24,25)/b14-8-. The highest BCUT2D eigenvalue weighted by Gasteiger charge is 2.15. The number of rotatable bonds is 7. The number of hydrogen-bond donors (Lipinski definition) is 1. The first-order valence-corrected chi connectivity index (χ1v) is 9.16. The molecule has 0 aliphatic rings. The van der Waals surface area contributed by atoms with Gasteiger partial charge in [-0.15, -0.1) is 0 Å². The van der Waals surface area contributed by atoms with E-state index in [1.807, 2.05) is 24.3 Å². The third-order valence-electron chi connectivity index (χ3n) is 3.97. The van der Waals surface area contributed by atoms with Gasteiger partial charge in [0.05, 0.1) is 35.3 Å². The number of esters is 1. The average Bonchev–Trinajstić information content (AvgIpc) is 3.15. The van der Waals surface area contributed by atoms with Crippen LogP contribution in [0.2, 0.25) is 5.02 Å². The number of aromatic nitrogens is 2. The predicted molar refractivity (Wildman–Crippen MR) is 110 cm³/mol. The summed E-state index contributed by atoms with van der Waals surface area (Å²) in [5.41, 5.74) is 2.55. The van der Waals surface area contributed by atoms with Gasteiger partial charge in [-0.2, -0.15) is 5.26 Å². The zero-order valence-corrected chi connectivity index (χ0v) is 16.6. The first kappa shape index (κ1) is 20.2. The quantitative estimate of drug-likeness (QED) is 0.461. The van der Waals surface area contributed by atoms with E-state index in [0.717, 1.165) is 11.0 Å². The summed E-state index contributed by atoms with van der Waals surface area (Å²) < 4.78 is 15.6. The topological polar surface area (TPSA) is 97.2 Å². The molecule has 0 saturated carbocycles. The van der Waals surface area contributed by atoms with Gasteiger partial charge in [0.25, 0.3) is 0 Å². The monoisotopic (exact) mass is 411 g/mol. The van der Waals surface area contributed by atoms with E-state index in [9.17, 15) is 10.1 Å². The molecule has 29 heavy (non-hydrogen) atoms. The summed E-state index contributed by atoms with van der Waals surface area (Å²) in [6.45, 7) is 1.68. The Morgan fingerprint density at radius 1 is 1.34 bits per heavy atom. The number of nitriles is 1. The Bertz CT molecular complexity index is 1080. The molecule has 0 radical (unpaired) electrons. The minimum atomic E-state index is -0.508. The lowest BCUT2D eigenvalue weighted by atomic mass is 10.1. The Morgan fingerprint density at radius 2 is 2.14 bits per heavy atom. The Balaban J connectivity index is 1.92. The van der Waals surface area contributed by atoms with Crippen molar-refractivity contribution in [1.82, 2.24) is 9.97 Å². The number of halogens is 1. The largest absolute Gasteiger partial charge is 0.493 e. The van der Waals surface area contributed by atoms with Crippen LogP contribution in [0.25, 0.3) is 22.7 Å². The van der Waals surface area contributed by atoms with Crippen molar-refractivity contribution < 1.29 is 19.0 Å². The summed E-state index contributed by atoms with van der Waals surface area (Å²) >= 11 is 6.32. The number of fused-ring (bicyclic) bond motifs is 1. The lowest BCUT2D eigenvalue weighted by Gasteiger charge is -2.13. The fourth-order valence-corrected chi connectivity index (χ4v) is 2.97. The van der Waals surface area contributed by atoms with Gasteiger partial charge in [0, 0.05) is 0 Å². The highest BCUT2D eigenvalue weighted by molar-refractivity contribution is 6.32. The van der Waals surface area contributed by atoms with Crippen molar-refractivity contribution in [3.8, 4) is 17.6 Å². The summed E-state index contributed by atoms with van der Waals surface area (Å²) in [5, 5.41) is 9.83. The second kappa shape index (κ2) is 9.13. The molecule has 3 rings (SSSR count). The molecule has 0 saturated heterocycles. The summed E-state index contributed by atoms with van der Waals surface area (Å²) in [4.78, 5) is 19.1. The van der Waals surface area contributed by atoms with Gasteiger partial charge >= 0.3 is 5.97 Å². The van der Waals surface area contributed by atoms with Crippen LogP contribution in [0.1, 0.15) is 18.3 Å². The minimum Gasteiger partial charge on any atom is -0.493 e. The lowest BCUT2D eigenvalue weighted by molar-refractivity contribution is -0.145. The van der Waals surface area contributed by atoms with Crippen molar-refractivity contribution >= 4 is 40.3 Å². The summed E-state index contributed by atoms with van der Waals surface area (Å²) in [7, 11) is 1.46. The molecule has 7 nitrogen and oxygen atoms in total. The van der Waals surface area contributed by atoms with E-state index >= 15 is 0 Å². The molecule has 148 valence electrons. The fraction of sp³-hybridized carbons (Fsp3) is 0.190. The molecule has 0 amide bonds. The molecule has 0 atom stereocenters. The number of imidazole rings is 1. The average molecular weight is 412 g/mol. The van der Waals surface area contributed by atoms with Crippen LogP contribution in [-0.4, -0.2) is 36.3 Å². The van der Waals surface area contributed by atoms with E-state index in [4.69, 9.17) is 25.8 Å². The van der Waals surface area contributed by atoms with Crippen molar-refractivity contribution in [3.05, 3.63) is 52.8 Å². The highest BCUT2D eigenvalue weighted by atomic mass is 35.5. The van der Waals surface area contributed by atoms with Crippen molar-refractivity contribution in [3.63, 3.8) is 0 Å². The summed E-state index contributed by atoms with van der Waals surface area (Å²) in [6.07, 6.45) is 1.64. The van der Waals surface area contributed by atoms with E-state index in [1.54, 1.807) is 25.1 Å². The molecule has 1 N–H and O–H groups in total. The van der Waals surface area contributed by atoms with Crippen LogP contribution in [0.3, 0.4) is 0 Å². The molecule has 0 aliphatic carbocycles. The first-order valence-electron chi connectivity index (χ1n) is 8.78. The van der Waals surface area contributed by atoms with Crippen LogP contribution in [-0.2, 0) is 9.53 Å². The molecule has 0 fully saturated rings. The van der Waals surface area contributed by atoms with Gasteiger partial charge < -0.3 is 19.2 Å². The maximum absolute atomic E-state index is 11.5. The number of methoxy groups -OCH3 is 1. The maximum Gasteiger partial charge on any atom is 0.344 e. The third kappa shape index (κ3) is 4.68. The van der Waals surface area contributed by atoms with Gasteiger partial charge in [-0.1, -0.05) is 23.7 Å². The van der Waals surface area contributed by atoms with Crippen molar-refractivity contribution in [2.24, 2.45) is 0 Å². The Labute approximate surface area is 172 Å². The highest BCUT2D eigenvalue weighted by Crippen LogP contribution is 2.37. The third-order valence-corrected chi connectivity index (χ3v) is 4.25. The molecule has 0 spiro atoms. The number of H-pyrrole nitrogens is 1. The van der Waals surface area contributed by atoms with Crippen LogP contribution < -0.4 is 9.47 Å². The van der Waals surface area contributed by atoms with Crippen LogP contribution in [0.5, 0.6) is 11.5 Å². The number of allylic oxidation sites excluding steroid dienone is 1. The second-order valence-corrected chi connectivity index (χ2v) is 6.31. The molecule has 8 heteroatoms. The van der Waals surface area contributed by atoms with Crippen molar-refractivity contribution in [1.29, 1.82) is 5.26 Å². The van der Waals surface area contributed by atoms with Gasteiger partial charge in [-0.25, -0.2) is 9.78 Å². The van der Waals surface area contributed by atoms with Crippen LogP contribution in [0.15, 0.2) is 36.4 Å². The molecule has 3 aromatic rings. The number of hydrogen-bond acceptors (Lipinski definition) is 6. The fourth-order valence-electron chi connectivity index (χ4n) is 2.70. The van der Waals surface area contributed by atoms with Crippen LogP contribution in [0, 0.1) is 11.3 Å². The smallest absolute Gasteiger partial charge is 0.344 e. The molecule has 1 heterocycles. The number of carbonyl (C=O) groups excluding carboxylic acids is 1. The van der Waals surface area contributed by atoms with Crippen molar-refractivity contribution in [2.45, 2.75) is 6.92 Å². The second-order valence-electron chi connectivity index (χ2n) is 5.90. The number of carbonyl (C=O) groups is 1. The zero-order chi connectivity index (χ0) is 20.8. The van der Waals surface area contributed by atoms with Gasteiger partial charge in [0.1, 0.15) is 11.9 Å². The van der Waals surface area contributed by atoms with Crippen molar-refractivity contribution in [2.75, 3.05) is 20.3 Å². The van der Waals surface area contributed by atoms with E-state index in [2.05, 4.69) is 16.0 Å². The number of aromatic amines is 1. The molecular formula is C21H18ClN3O4. The Morgan fingerprint density at radius 3 is 2.83 bits per heavy atom. The van der Waals surface area contributed by atoms with Gasteiger partial charge in [-0.3, -0.25) is 0 Å². The number of benzene rings is 2. The van der Waals surface area contributed by atoms with E-state index in [-0.39, 0.29) is 24.0 Å². The van der Waals surface area contributed by atoms with Crippen LogP contribution >= 0.6 is 11.6 Å². The zero-order valence-electron chi connectivity index (χ0n) is 15.9. The summed E-state index contributed by atoms with van der Waals surface area (Å²) in [6, 6.07) is 12.9. The predicted octanol–water partition coefficient (Wildman–Crippen LogP) is 4.23. The first-order chi connectivity index (χ1) is 14.0. The summed E-state index contributed by atoms with van der Waals surface area (Å²) in [5.74, 6) is 0.495. The number of ether oxygens (including phenoxy) is 3. The maximum atomic E-state index is 11.5. The van der Waals surface area contributed by atoms with Gasteiger partial charge in [0.15, 0.2) is 18.1 Å². The molecule has 0 bridgehead atoms. The van der Waals surface area contributed by atoms with E-state index in [0.29, 0.717) is 22.7 Å². The SMILES string of the molecule is CCOC(=O)COc1c(Cl)cc(/C=C(/C#N)c2nc3ccccc3[nH]2)cc1OC. The van der Waals surface area contributed by atoms with E-state index < -0.39 is 5.97 Å². The number of para-hydroxylation sites is 2. The molecule has 2 aromatic carbocycles. The normalized spacial score (nSPS) is 11.2. The molecule has 0 unspecified atom stereocenters. The molecule has 0 aliphatic heterocycles. The lowest BCUT2D eigenvalue weighted by Crippen LogP contribution is -2.15. The molecule has 1 aromatic heterocycles. The Kier molecular flexibility index (Phi) is 6.37. The minimum absolute atomic E-state index is 0.224.